The van der Waals surface area contributed by atoms with Crippen LogP contribution in [0.3, 0.4) is 0 Å². The maximum Gasteiger partial charge on any atom is 0.417 e. The Balaban J connectivity index is 2.29. The fraction of sp³-hybridized carbons (Fsp3) is 0.583. The van der Waals surface area contributed by atoms with Gasteiger partial charge in [0.25, 0.3) is 0 Å². The number of hydrogen-bond donors (Lipinski definition) is 0. The first-order chi connectivity index (χ1) is 7.68. The van der Waals surface area contributed by atoms with Crippen LogP contribution in [-0.2, 0) is 19.3 Å². The van der Waals surface area contributed by atoms with Crippen molar-refractivity contribution in [1.82, 2.24) is 9.88 Å². The van der Waals surface area contributed by atoms with E-state index < -0.39 is 11.7 Å². The van der Waals surface area contributed by atoms with Gasteiger partial charge in [0, 0.05) is 24.8 Å². The van der Waals surface area contributed by atoms with Crippen LogP contribution < -0.4 is 0 Å². The van der Waals surface area contributed by atoms with E-state index in [0.29, 0.717) is 18.7 Å². The van der Waals surface area contributed by atoms with E-state index in [4.69, 9.17) is 0 Å². The molecule has 0 fully saturated rings. The molecule has 0 unspecified atom stereocenters. The third-order valence-electron chi connectivity index (χ3n) is 3.04. The van der Waals surface area contributed by atoms with E-state index in [-0.39, 0.29) is 5.54 Å². The van der Waals surface area contributed by atoms with Gasteiger partial charge in [0.1, 0.15) is 0 Å². The molecule has 1 aliphatic heterocycles. The average molecular weight is 244 g/mol. The number of nitrogens with zero attached hydrogens (tertiary/aromatic N) is 2. The molecule has 1 aliphatic rings. The van der Waals surface area contributed by atoms with Crippen LogP contribution in [0.2, 0.25) is 0 Å². The molecule has 2 rings (SSSR count). The third kappa shape index (κ3) is 2.44. The van der Waals surface area contributed by atoms with Crippen LogP contribution in [0.4, 0.5) is 13.2 Å². The van der Waals surface area contributed by atoms with Gasteiger partial charge in [0.05, 0.1) is 11.3 Å². The van der Waals surface area contributed by atoms with Crippen molar-refractivity contribution in [2.45, 2.75) is 45.6 Å². The van der Waals surface area contributed by atoms with Gasteiger partial charge in [-0.1, -0.05) is 0 Å². The number of aromatic nitrogens is 1. The van der Waals surface area contributed by atoms with Gasteiger partial charge in [-0.2, -0.15) is 13.2 Å². The lowest BCUT2D eigenvalue weighted by Crippen LogP contribution is -2.36. The SMILES string of the molecule is CC(C)(C)N1Cc2cc(C(F)(F)F)cnc2C1. The minimum Gasteiger partial charge on any atom is -0.288 e. The van der Waals surface area contributed by atoms with Gasteiger partial charge < -0.3 is 0 Å². The summed E-state index contributed by atoms with van der Waals surface area (Å²) in [6.07, 6.45) is -3.39. The first-order valence-corrected chi connectivity index (χ1v) is 5.48. The number of fused-ring (bicyclic) bond motifs is 1. The molecule has 1 aromatic rings. The Hall–Kier alpha value is -1.10. The lowest BCUT2D eigenvalue weighted by molar-refractivity contribution is -0.137. The van der Waals surface area contributed by atoms with Crippen molar-refractivity contribution in [3.8, 4) is 0 Å². The Kier molecular flexibility index (Phi) is 2.69. The molecule has 0 aromatic carbocycles. The molecule has 1 aromatic heterocycles. The Morgan fingerprint density at radius 2 is 1.82 bits per heavy atom. The monoisotopic (exact) mass is 244 g/mol. The lowest BCUT2D eigenvalue weighted by Gasteiger charge is -2.30. The highest BCUT2D eigenvalue weighted by atomic mass is 19.4. The molecule has 0 N–H and O–H groups in total. The zero-order chi connectivity index (χ0) is 12.8. The van der Waals surface area contributed by atoms with Crippen molar-refractivity contribution >= 4 is 0 Å². The van der Waals surface area contributed by atoms with Crippen LogP contribution in [0.25, 0.3) is 0 Å². The lowest BCUT2D eigenvalue weighted by atomic mass is 10.1. The maximum atomic E-state index is 12.5. The van der Waals surface area contributed by atoms with Crippen LogP contribution in [-0.4, -0.2) is 15.4 Å². The molecular weight excluding hydrogens is 229 g/mol. The minimum atomic E-state index is -4.31. The molecule has 0 aliphatic carbocycles. The van der Waals surface area contributed by atoms with Gasteiger partial charge in [0.2, 0.25) is 0 Å². The van der Waals surface area contributed by atoms with Gasteiger partial charge in [-0.3, -0.25) is 9.88 Å². The van der Waals surface area contributed by atoms with Crippen LogP contribution in [0.15, 0.2) is 12.3 Å². The topological polar surface area (TPSA) is 16.1 Å². The quantitative estimate of drug-likeness (QED) is 0.696. The highest BCUT2D eigenvalue weighted by Crippen LogP contribution is 2.33. The van der Waals surface area contributed by atoms with Gasteiger partial charge in [-0.05, 0) is 32.4 Å². The summed E-state index contributed by atoms with van der Waals surface area (Å²) >= 11 is 0. The molecule has 0 saturated heterocycles. The summed E-state index contributed by atoms with van der Waals surface area (Å²) in [6, 6.07) is 1.22. The van der Waals surface area contributed by atoms with Crippen LogP contribution >= 0.6 is 0 Å². The first-order valence-electron chi connectivity index (χ1n) is 5.48. The zero-order valence-electron chi connectivity index (χ0n) is 10.1. The van der Waals surface area contributed by atoms with Crippen molar-refractivity contribution < 1.29 is 13.2 Å². The second-order valence-electron chi connectivity index (χ2n) is 5.35. The second kappa shape index (κ2) is 3.70. The van der Waals surface area contributed by atoms with Crippen molar-refractivity contribution in [3.63, 3.8) is 0 Å². The van der Waals surface area contributed by atoms with E-state index in [2.05, 4.69) is 9.88 Å². The largest absolute Gasteiger partial charge is 0.417 e. The second-order valence-corrected chi connectivity index (χ2v) is 5.35. The number of alkyl halides is 3. The summed E-state index contributed by atoms with van der Waals surface area (Å²) in [5.41, 5.74) is 0.730. The van der Waals surface area contributed by atoms with Gasteiger partial charge >= 0.3 is 6.18 Å². The number of halogens is 3. The molecule has 94 valence electrons. The Morgan fingerprint density at radius 3 is 2.35 bits per heavy atom. The van der Waals surface area contributed by atoms with Crippen LogP contribution in [0.5, 0.6) is 0 Å². The van der Waals surface area contributed by atoms with Crippen molar-refractivity contribution in [2.75, 3.05) is 0 Å². The standard InChI is InChI=1S/C12H15F3N2/c1-11(2,3)17-6-8-4-9(12(13,14)15)5-16-10(8)7-17/h4-5H,6-7H2,1-3H3. The maximum absolute atomic E-state index is 12.5. The molecular formula is C12H15F3N2. The molecule has 0 amide bonds. The molecule has 17 heavy (non-hydrogen) atoms. The summed E-state index contributed by atoms with van der Waals surface area (Å²) in [5, 5.41) is 0. The summed E-state index contributed by atoms with van der Waals surface area (Å²) in [6.45, 7) is 7.30. The van der Waals surface area contributed by atoms with Gasteiger partial charge in [0.15, 0.2) is 0 Å². The highest BCUT2D eigenvalue weighted by molar-refractivity contribution is 5.30. The number of pyridine rings is 1. The predicted molar refractivity (Wildman–Crippen MR) is 58.2 cm³/mol. The van der Waals surface area contributed by atoms with E-state index in [9.17, 15) is 13.2 Å². The average Bonchev–Trinajstić information content (AvgIpc) is 2.57. The molecule has 0 bridgehead atoms. The Bertz CT molecular complexity index is 432. The van der Waals surface area contributed by atoms with Crippen molar-refractivity contribution in [1.29, 1.82) is 0 Å². The summed E-state index contributed by atoms with van der Waals surface area (Å²) in [4.78, 5) is 6.04. The van der Waals surface area contributed by atoms with Gasteiger partial charge in [-0.15, -0.1) is 0 Å². The summed E-state index contributed by atoms with van der Waals surface area (Å²) in [5.74, 6) is 0. The molecule has 2 heterocycles. The fourth-order valence-electron chi connectivity index (χ4n) is 1.89. The van der Waals surface area contributed by atoms with Crippen LogP contribution in [0, 0.1) is 0 Å². The van der Waals surface area contributed by atoms with Crippen LogP contribution in [0.1, 0.15) is 37.6 Å². The molecule has 0 radical (unpaired) electrons. The normalized spacial score (nSPS) is 17.3. The van der Waals surface area contributed by atoms with E-state index in [1.54, 1.807) is 0 Å². The van der Waals surface area contributed by atoms with Crippen molar-refractivity contribution in [2.24, 2.45) is 0 Å². The van der Waals surface area contributed by atoms with Gasteiger partial charge in [-0.25, -0.2) is 0 Å². The van der Waals surface area contributed by atoms with E-state index in [0.717, 1.165) is 11.9 Å². The third-order valence-corrected chi connectivity index (χ3v) is 3.04. The zero-order valence-corrected chi connectivity index (χ0v) is 10.1. The smallest absolute Gasteiger partial charge is 0.288 e. The Labute approximate surface area is 98.5 Å². The number of hydrogen-bond acceptors (Lipinski definition) is 2. The van der Waals surface area contributed by atoms with E-state index >= 15 is 0 Å². The number of rotatable bonds is 0. The molecule has 0 spiro atoms. The summed E-state index contributed by atoms with van der Waals surface area (Å²) < 4.78 is 37.6. The highest BCUT2D eigenvalue weighted by Gasteiger charge is 2.34. The fourth-order valence-corrected chi connectivity index (χ4v) is 1.89. The summed E-state index contributed by atoms with van der Waals surface area (Å²) in [7, 11) is 0. The molecule has 2 nitrogen and oxygen atoms in total. The Morgan fingerprint density at radius 1 is 1.18 bits per heavy atom. The van der Waals surface area contributed by atoms with E-state index in [1.807, 2.05) is 20.8 Å². The van der Waals surface area contributed by atoms with Crippen molar-refractivity contribution in [3.05, 3.63) is 29.1 Å². The van der Waals surface area contributed by atoms with E-state index in [1.165, 1.54) is 6.07 Å². The predicted octanol–water partition coefficient (Wildman–Crippen LogP) is 3.21. The molecule has 0 saturated carbocycles. The molecule has 0 atom stereocenters. The first kappa shape index (κ1) is 12.4. The minimum absolute atomic E-state index is 0.0565. The molecule has 5 heteroatoms.